The van der Waals surface area contributed by atoms with E-state index in [9.17, 15) is 13.2 Å². The van der Waals surface area contributed by atoms with Gasteiger partial charge in [0.05, 0.1) is 17.1 Å². The van der Waals surface area contributed by atoms with Crippen molar-refractivity contribution in [3.63, 3.8) is 0 Å². The molecule has 1 aliphatic carbocycles. The number of halogens is 5. The van der Waals surface area contributed by atoms with Crippen molar-refractivity contribution in [3.8, 4) is 0 Å². The Hall–Kier alpha value is -1.30. The van der Waals surface area contributed by atoms with E-state index in [0.717, 1.165) is 25.1 Å². The van der Waals surface area contributed by atoms with Crippen LogP contribution in [0.25, 0.3) is 5.65 Å². The lowest BCUT2D eigenvalue weighted by Gasteiger charge is -2.24. The Morgan fingerprint density at radius 3 is 2.63 bits per heavy atom. The predicted molar refractivity (Wildman–Crippen MR) is 109 cm³/mol. The van der Waals surface area contributed by atoms with E-state index in [-0.39, 0.29) is 41.2 Å². The number of fused-ring (bicyclic) bond motifs is 1. The maximum absolute atomic E-state index is 13.0. The normalized spacial score (nSPS) is 16.3. The first kappa shape index (κ1) is 22.0. The van der Waals surface area contributed by atoms with Gasteiger partial charge in [-0.2, -0.15) is 13.2 Å². The van der Waals surface area contributed by atoms with Gasteiger partial charge in [0.15, 0.2) is 17.4 Å². The van der Waals surface area contributed by atoms with Gasteiger partial charge < -0.3 is 10.6 Å². The highest BCUT2D eigenvalue weighted by molar-refractivity contribution is 14.0. The molecule has 2 aromatic rings. The van der Waals surface area contributed by atoms with Gasteiger partial charge in [-0.05, 0) is 18.9 Å². The van der Waals surface area contributed by atoms with Crippen molar-refractivity contribution in [2.24, 2.45) is 4.99 Å². The van der Waals surface area contributed by atoms with Crippen LogP contribution in [0.2, 0.25) is 5.02 Å². The summed E-state index contributed by atoms with van der Waals surface area (Å²) in [4.78, 5) is 4.17. The van der Waals surface area contributed by atoms with Crippen LogP contribution in [0.5, 0.6) is 0 Å². The highest BCUT2D eigenvalue weighted by Crippen LogP contribution is 2.32. The zero-order valence-electron chi connectivity index (χ0n) is 14.7. The maximum atomic E-state index is 13.0. The molecular weight excluding hydrogens is 496 g/mol. The van der Waals surface area contributed by atoms with Gasteiger partial charge in [0, 0.05) is 19.3 Å². The first-order valence-electron chi connectivity index (χ1n) is 8.46. The molecule has 0 amide bonds. The molecule has 1 aliphatic rings. The number of alkyl halides is 3. The first-order valence-corrected chi connectivity index (χ1v) is 8.84. The molecule has 2 aromatic heterocycles. The summed E-state index contributed by atoms with van der Waals surface area (Å²) in [6, 6.07) is 1.21. The number of aliphatic imine (C=N–C) groups is 1. The molecule has 0 spiro atoms. The summed E-state index contributed by atoms with van der Waals surface area (Å²) in [5, 5.41) is 14.1. The Morgan fingerprint density at radius 2 is 2.00 bits per heavy atom. The zero-order valence-corrected chi connectivity index (χ0v) is 17.8. The van der Waals surface area contributed by atoms with Crippen LogP contribution in [0, 0.1) is 0 Å². The molecule has 6 nitrogen and oxygen atoms in total. The highest BCUT2D eigenvalue weighted by Gasteiger charge is 2.32. The smallest absolute Gasteiger partial charge is 0.354 e. The minimum atomic E-state index is -4.49. The number of guanidine groups is 1. The van der Waals surface area contributed by atoms with E-state index in [1.807, 2.05) is 0 Å². The molecule has 0 aliphatic heterocycles. The molecule has 0 unspecified atom stereocenters. The Bertz CT molecular complexity index is 801. The summed E-state index contributed by atoms with van der Waals surface area (Å²) in [5.74, 6) is 0.909. The summed E-state index contributed by atoms with van der Waals surface area (Å²) >= 11 is 5.92. The average Bonchev–Trinajstić information content (AvgIpc) is 3.02. The lowest BCUT2D eigenvalue weighted by atomic mass is 9.96. The molecule has 0 radical (unpaired) electrons. The standard InChI is InChI=1S/C16H20ClF3N6.HI/c1-21-15(23-11-5-3-2-4-6-11)22-8-13-24-25-14-12(17)7-10(9-26(13)14)16(18,19)20;/h7,9,11H,2-6,8H2,1H3,(H2,21,22,23);1H. The van der Waals surface area contributed by atoms with E-state index < -0.39 is 11.7 Å². The third kappa shape index (κ3) is 5.37. The van der Waals surface area contributed by atoms with Crippen molar-refractivity contribution in [1.82, 2.24) is 25.2 Å². The van der Waals surface area contributed by atoms with Crippen LogP contribution in [0.3, 0.4) is 0 Å². The minimum absolute atomic E-state index is 0. The molecule has 2 N–H and O–H groups in total. The molecule has 27 heavy (non-hydrogen) atoms. The molecule has 3 rings (SSSR count). The molecule has 11 heteroatoms. The predicted octanol–water partition coefficient (Wildman–Crippen LogP) is 4.02. The van der Waals surface area contributed by atoms with Crippen molar-refractivity contribution in [3.05, 3.63) is 28.7 Å². The molecule has 0 atom stereocenters. The third-order valence-corrected chi connectivity index (χ3v) is 4.72. The van der Waals surface area contributed by atoms with Gasteiger partial charge in [0.1, 0.15) is 0 Å². The van der Waals surface area contributed by atoms with Gasteiger partial charge in [-0.15, -0.1) is 34.2 Å². The number of rotatable bonds is 3. The van der Waals surface area contributed by atoms with E-state index in [2.05, 4.69) is 25.8 Å². The van der Waals surface area contributed by atoms with E-state index in [1.54, 1.807) is 7.05 Å². The number of nitrogens with zero attached hydrogens (tertiary/aromatic N) is 4. The lowest BCUT2D eigenvalue weighted by molar-refractivity contribution is -0.137. The second-order valence-electron chi connectivity index (χ2n) is 6.29. The van der Waals surface area contributed by atoms with Crippen LogP contribution in [-0.4, -0.2) is 33.6 Å². The van der Waals surface area contributed by atoms with Crippen LogP contribution < -0.4 is 10.6 Å². The van der Waals surface area contributed by atoms with Gasteiger partial charge in [-0.1, -0.05) is 30.9 Å². The Balaban J connectivity index is 0.00000261. The second kappa shape index (κ2) is 9.26. The van der Waals surface area contributed by atoms with Gasteiger partial charge in [0.25, 0.3) is 0 Å². The summed E-state index contributed by atoms with van der Waals surface area (Å²) in [7, 11) is 1.65. The lowest BCUT2D eigenvalue weighted by Crippen LogP contribution is -2.44. The van der Waals surface area contributed by atoms with Crippen molar-refractivity contribution < 1.29 is 13.2 Å². The Labute approximate surface area is 177 Å². The average molecular weight is 517 g/mol. The Morgan fingerprint density at radius 1 is 1.30 bits per heavy atom. The van der Waals surface area contributed by atoms with Gasteiger partial charge in [-0.3, -0.25) is 9.39 Å². The van der Waals surface area contributed by atoms with Crippen LogP contribution in [-0.2, 0) is 12.7 Å². The third-order valence-electron chi connectivity index (χ3n) is 4.44. The topological polar surface area (TPSA) is 66.6 Å². The van der Waals surface area contributed by atoms with E-state index in [4.69, 9.17) is 11.6 Å². The second-order valence-corrected chi connectivity index (χ2v) is 6.70. The number of nitrogens with one attached hydrogen (secondary N) is 2. The first-order chi connectivity index (χ1) is 12.4. The molecular formula is C16H21ClF3IN6. The molecule has 150 valence electrons. The van der Waals surface area contributed by atoms with E-state index in [1.165, 1.54) is 23.7 Å². The summed E-state index contributed by atoms with van der Waals surface area (Å²) in [6.07, 6.45) is 2.24. The quantitative estimate of drug-likeness (QED) is 0.368. The fraction of sp³-hybridized carbons (Fsp3) is 0.562. The van der Waals surface area contributed by atoms with Gasteiger partial charge >= 0.3 is 6.18 Å². The number of pyridine rings is 1. The molecule has 1 saturated carbocycles. The number of hydrogen-bond acceptors (Lipinski definition) is 3. The van der Waals surface area contributed by atoms with Crippen LogP contribution in [0.1, 0.15) is 43.5 Å². The number of aromatic nitrogens is 3. The summed E-state index contributed by atoms with van der Waals surface area (Å²) in [6.45, 7) is 0.172. The molecule has 0 bridgehead atoms. The fourth-order valence-corrected chi connectivity index (χ4v) is 3.32. The van der Waals surface area contributed by atoms with Crippen LogP contribution in [0.15, 0.2) is 17.3 Å². The molecule has 0 saturated heterocycles. The molecule has 2 heterocycles. The summed E-state index contributed by atoms with van der Waals surface area (Å²) < 4.78 is 40.3. The van der Waals surface area contributed by atoms with E-state index >= 15 is 0 Å². The van der Waals surface area contributed by atoms with E-state index in [0.29, 0.717) is 17.8 Å². The zero-order chi connectivity index (χ0) is 18.7. The van der Waals surface area contributed by atoms with Crippen LogP contribution in [0.4, 0.5) is 13.2 Å². The minimum Gasteiger partial charge on any atom is -0.354 e. The van der Waals surface area contributed by atoms with Crippen molar-refractivity contribution in [1.29, 1.82) is 0 Å². The number of hydrogen-bond donors (Lipinski definition) is 2. The van der Waals surface area contributed by atoms with Crippen LogP contribution >= 0.6 is 35.6 Å². The van der Waals surface area contributed by atoms with Crippen molar-refractivity contribution in [2.45, 2.75) is 50.9 Å². The SMILES string of the molecule is CN=C(NCc1nnc2c(Cl)cc(C(F)(F)F)cn12)NC1CCCCC1.I. The van der Waals surface area contributed by atoms with Gasteiger partial charge in [0.2, 0.25) is 0 Å². The molecule has 1 fully saturated rings. The molecule has 0 aromatic carbocycles. The maximum Gasteiger partial charge on any atom is 0.417 e. The Kier molecular flexibility index (Phi) is 7.55. The largest absolute Gasteiger partial charge is 0.417 e. The van der Waals surface area contributed by atoms with Crippen molar-refractivity contribution >= 4 is 47.2 Å². The fourth-order valence-electron chi connectivity index (χ4n) is 3.07. The van der Waals surface area contributed by atoms with Gasteiger partial charge in [-0.25, -0.2) is 0 Å². The monoisotopic (exact) mass is 516 g/mol. The summed E-state index contributed by atoms with van der Waals surface area (Å²) in [5.41, 5.74) is -0.660. The van der Waals surface area contributed by atoms with Crippen molar-refractivity contribution in [2.75, 3.05) is 7.05 Å². The highest BCUT2D eigenvalue weighted by atomic mass is 127.